The van der Waals surface area contributed by atoms with Crippen LogP contribution in [0.25, 0.3) is 0 Å². The molecule has 3 rings (SSSR count). The second-order valence-electron chi connectivity index (χ2n) is 8.99. The first-order valence-electron chi connectivity index (χ1n) is 10.7. The van der Waals surface area contributed by atoms with Gasteiger partial charge in [-0.15, -0.1) is 0 Å². The molecule has 0 fully saturated rings. The highest BCUT2D eigenvalue weighted by atomic mass is 16.6. The van der Waals surface area contributed by atoms with Gasteiger partial charge in [-0.05, 0) is 39.8 Å². The van der Waals surface area contributed by atoms with Gasteiger partial charge in [0.15, 0.2) is 5.69 Å². The van der Waals surface area contributed by atoms with Crippen LogP contribution in [-0.4, -0.2) is 71.1 Å². The second-order valence-corrected chi connectivity index (χ2v) is 8.99. The van der Waals surface area contributed by atoms with Crippen molar-refractivity contribution in [3.8, 4) is 0 Å². The van der Waals surface area contributed by atoms with Gasteiger partial charge in [0.1, 0.15) is 5.60 Å². The monoisotopic (exact) mass is 459 g/mol. The van der Waals surface area contributed by atoms with E-state index in [0.29, 0.717) is 23.4 Å². The van der Waals surface area contributed by atoms with Gasteiger partial charge in [0.25, 0.3) is 0 Å². The molecule has 1 aliphatic heterocycles. The molecule has 33 heavy (non-hydrogen) atoms. The van der Waals surface area contributed by atoms with Crippen molar-refractivity contribution in [1.82, 2.24) is 24.6 Å². The van der Waals surface area contributed by atoms with Gasteiger partial charge >= 0.3 is 18.2 Å². The molecule has 2 amide bonds. The molecule has 3 heterocycles. The zero-order valence-corrected chi connectivity index (χ0v) is 19.2. The molecule has 0 bridgehead atoms. The van der Waals surface area contributed by atoms with Crippen LogP contribution in [0.1, 0.15) is 55.1 Å². The number of carbonyl (C=O) groups excluding carboxylic acids is 1. The molecule has 178 valence electrons. The lowest BCUT2D eigenvalue weighted by Crippen LogP contribution is -2.42. The number of nitrogens with zero attached hydrogens (tertiary/aromatic N) is 5. The van der Waals surface area contributed by atoms with Crippen molar-refractivity contribution in [3.63, 3.8) is 0 Å². The van der Waals surface area contributed by atoms with Crippen LogP contribution in [0.5, 0.6) is 0 Å². The van der Waals surface area contributed by atoms with Crippen LogP contribution < -0.4 is 0 Å². The number of aromatic nitrogens is 3. The minimum absolute atomic E-state index is 0.0445. The summed E-state index contributed by atoms with van der Waals surface area (Å²) in [6.45, 7) is 7.43. The van der Waals surface area contributed by atoms with Crippen LogP contribution in [0.15, 0.2) is 24.4 Å². The van der Waals surface area contributed by atoms with Crippen molar-refractivity contribution >= 4 is 18.2 Å². The summed E-state index contributed by atoms with van der Waals surface area (Å²) in [5.74, 6) is -1.20. The van der Waals surface area contributed by atoms with Crippen LogP contribution in [0, 0.1) is 0 Å². The maximum Gasteiger partial charge on any atom is 0.410 e. The Kier molecular flexibility index (Phi) is 6.89. The summed E-state index contributed by atoms with van der Waals surface area (Å²) in [5.41, 5.74) is 0.840. The Morgan fingerprint density at radius 3 is 2.55 bits per heavy atom. The van der Waals surface area contributed by atoms with Gasteiger partial charge in [-0.2, -0.15) is 5.10 Å². The standard InChI is InChI=1S/C22H29N5O6/c1-14-11-17-16(13-26(14)20(30)31)18(19(28)29)27(24-17)10-9-25(21(32)33-22(2,3)4)12-15-7-5-6-8-23-15/h5-8,14H,9-13H2,1-4H3,(H,28,29)(H,30,31)/t14-/m1/s1. The van der Waals surface area contributed by atoms with Gasteiger partial charge in [-0.1, -0.05) is 6.07 Å². The van der Waals surface area contributed by atoms with E-state index in [0.717, 1.165) is 0 Å². The summed E-state index contributed by atoms with van der Waals surface area (Å²) in [4.78, 5) is 43.3. The third kappa shape index (κ3) is 5.79. The minimum atomic E-state index is -1.20. The maximum atomic E-state index is 12.8. The highest BCUT2D eigenvalue weighted by molar-refractivity contribution is 5.88. The summed E-state index contributed by atoms with van der Waals surface area (Å²) in [5, 5.41) is 23.7. The quantitative estimate of drug-likeness (QED) is 0.672. The zero-order valence-electron chi connectivity index (χ0n) is 19.2. The first-order chi connectivity index (χ1) is 15.5. The molecular formula is C22H29N5O6. The number of hydrogen-bond donors (Lipinski definition) is 2. The van der Waals surface area contributed by atoms with E-state index < -0.39 is 23.8 Å². The summed E-state index contributed by atoms with van der Waals surface area (Å²) in [6, 6.07) is 5.06. The van der Waals surface area contributed by atoms with Crippen molar-refractivity contribution in [3.05, 3.63) is 47.0 Å². The van der Waals surface area contributed by atoms with Gasteiger partial charge in [-0.25, -0.2) is 14.4 Å². The zero-order chi connectivity index (χ0) is 24.3. The van der Waals surface area contributed by atoms with E-state index in [1.807, 2.05) is 6.07 Å². The van der Waals surface area contributed by atoms with Gasteiger partial charge in [0.05, 0.1) is 31.0 Å². The predicted octanol–water partition coefficient (Wildman–Crippen LogP) is 2.84. The molecule has 0 aromatic carbocycles. The van der Waals surface area contributed by atoms with Crippen molar-refractivity contribution < 1.29 is 29.3 Å². The SMILES string of the molecule is C[C@@H]1Cc2nn(CCN(Cc3ccccn3)C(=O)OC(C)(C)C)c(C(=O)O)c2CN1C(=O)O. The van der Waals surface area contributed by atoms with Crippen molar-refractivity contribution in [2.24, 2.45) is 0 Å². The fourth-order valence-corrected chi connectivity index (χ4v) is 3.72. The largest absolute Gasteiger partial charge is 0.477 e. The van der Waals surface area contributed by atoms with E-state index in [-0.39, 0.29) is 37.9 Å². The number of fused-ring (bicyclic) bond motifs is 1. The molecule has 2 aromatic rings. The number of hydrogen-bond acceptors (Lipinski definition) is 6. The molecule has 0 radical (unpaired) electrons. The predicted molar refractivity (Wildman–Crippen MR) is 117 cm³/mol. The lowest BCUT2D eigenvalue weighted by Gasteiger charge is -2.30. The average molecular weight is 460 g/mol. The van der Waals surface area contributed by atoms with Gasteiger partial charge in [0, 0.05) is 30.8 Å². The molecule has 0 unspecified atom stereocenters. The average Bonchev–Trinajstić information content (AvgIpc) is 3.06. The van der Waals surface area contributed by atoms with Crippen LogP contribution >= 0.6 is 0 Å². The summed E-state index contributed by atoms with van der Waals surface area (Å²) in [7, 11) is 0. The van der Waals surface area contributed by atoms with Crippen LogP contribution in [0.3, 0.4) is 0 Å². The van der Waals surface area contributed by atoms with Crippen molar-refractivity contribution in [2.75, 3.05) is 6.54 Å². The van der Waals surface area contributed by atoms with E-state index in [2.05, 4.69) is 10.1 Å². The van der Waals surface area contributed by atoms with Crippen LogP contribution in [0.2, 0.25) is 0 Å². The van der Waals surface area contributed by atoms with Crippen molar-refractivity contribution in [2.45, 2.75) is 65.4 Å². The van der Waals surface area contributed by atoms with Crippen LogP contribution in [0.4, 0.5) is 9.59 Å². The molecule has 0 saturated carbocycles. The number of carboxylic acids is 1. The highest BCUT2D eigenvalue weighted by Crippen LogP contribution is 2.26. The first-order valence-corrected chi connectivity index (χ1v) is 10.7. The summed E-state index contributed by atoms with van der Waals surface area (Å²) in [6.07, 6.45) is 0.289. The molecule has 11 nitrogen and oxygen atoms in total. The number of amides is 2. The fraction of sp³-hybridized carbons (Fsp3) is 0.500. The lowest BCUT2D eigenvalue weighted by molar-refractivity contribution is 0.0222. The topological polar surface area (TPSA) is 138 Å². The van der Waals surface area contributed by atoms with E-state index >= 15 is 0 Å². The third-order valence-corrected chi connectivity index (χ3v) is 5.24. The third-order valence-electron chi connectivity index (χ3n) is 5.24. The van der Waals surface area contributed by atoms with E-state index in [4.69, 9.17) is 4.74 Å². The summed E-state index contributed by atoms with van der Waals surface area (Å²) >= 11 is 0. The number of aromatic carboxylic acids is 1. The molecule has 11 heteroatoms. The van der Waals surface area contributed by atoms with Crippen molar-refractivity contribution in [1.29, 1.82) is 0 Å². The molecule has 1 atom stereocenters. The van der Waals surface area contributed by atoms with Gasteiger partial charge < -0.3 is 24.7 Å². The highest BCUT2D eigenvalue weighted by Gasteiger charge is 2.34. The molecule has 2 N–H and O–H groups in total. The summed E-state index contributed by atoms with van der Waals surface area (Å²) < 4.78 is 6.85. The molecule has 0 aliphatic carbocycles. The maximum absolute atomic E-state index is 12.8. The Balaban J connectivity index is 1.85. The van der Waals surface area contributed by atoms with E-state index in [1.165, 1.54) is 14.5 Å². The van der Waals surface area contributed by atoms with Gasteiger partial charge in [-0.3, -0.25) is 9.67 Å². The number of pyridine rings is 1. The number of rotatable bonds is 6. The fourth-order valence-electron chi connectivity index (χ4n) is 3.72. The van der Waals surface area contributed by atoms with Crippen LogP contribution in [-0.2, 0) is 30.8 Å². The molecule has 1 aliphatic rings. The minimum Gasteiger partial charge on any atom is -0.477 e. The number of carboxylic acid groups (broad SMARTS) is 2. The van der Waals surface area contributed by atoms with E-state index in [1.54, 1.807) is 46.0 Å². The Hall–Kier alpha value is -3.63. The molecule has 2 aromatic heterocycles. The van der Waals surface area contributed by atoms with Gasteiger partial charge in [0.2, 0.25) is 0 Å². The Labute approximate surface area is 191 Å². The molecular weight excluding hydrogens is 430 g/mol. The number of ether oxygens (including phenoxy) is 1. The first kappa shape index (κ1) is 24.0. The lowest BCUT2D eigenvalue weighted by atomic mass is 10.00. The Morgan fingerprint density at radius 2 is 1.97 bits per heavy atom. The number of carbonyl (C=O) groups is 3. The molecule has 0 saturated heterocycles. The molecule has 0 spiro atoms. The second kappa shape index (κ2) is 9.47. The Bertz CT molecular complexity index is 1030. The normalized spacial score (nSPS) is 15.6. The smallest absolute Gasteiger partial charge is 0.410 e. The Morgan fingerprint density at radius 1 is 1.24 bits per heavy atom. The van der Waals surface area contributed by atoms with E-state index in [9.17, 15) is 24.6 Å².